The summed E-state index contributed by atoms with van der Waals surface area (Å²) in [6, 6.07) is 7.28. The third-order valence-electron chi connectivity index (χ3n) is 5.06. The first-order valence-electron chi connectivity index (χ1n) is 10.3. The average molecular weight is 453 g/mol. The number of benzene rings is 1. The minimum atomic E-state index is -0.708. The third kappa shape index (κ3) is 4.98. The second-order valence-corrected chi connectivity index (χ2v) is 7.78. The number of hydrogen-bond donors (Lipinski definition) is 1. The quantitative estimate of drug-likeness (QED) is 0.621. The molecule has 0 unspecified atom stereocenters. The van der Waals surface area contributed by atoms with Crippen LogP contribution in [0.2, 0.25) is 0 Å². The number of pyridine rings is 1. The maximum atomic E-state index is 14.7. The van der Waals surface area contributed by atoms with Gasteiger partial charge in [0.25, 0.3) is 5.91 Å². The van der Waals surface area contributed by atoms with Crippen LogP contribution in [0, 0.1) is 5.82 Å². The summed E-state index contributed by atoms with van der Waals surface area (Å²) >= 11 is 0. The van der Waals surface area contributed by atoms with E-state index < -0.39 is 5.82 Å². The fourth-order valence-electron chi connectivity index (χ4n) is 3.28. The number of nitrogens with zero attached hydrogens (tertiary/aromatic N) is 6. The van der Waals surface area contributed by atoms with Crippen molar-refractivity contribution in [2.75, 3.05) is 44.5 Å². The average Bonchev–Trinajstić information content (AvgIpc) is 2.80. The fourth-order valence-corrected chi connectivity index (χ4v) is 3.28. The van der Waals surface area contributed by atoms with E-state index in [-0.39, 0.29) is 29.3 Å². The minimum absolute atomic E-state index is 0.0273. The molecule has 3 aromatic rings. The standard InChI is InChI=1S/C22H24FN7O3/c1-13-12-32-9-8-30(13)21-26-19(15-5-7-18(24)25-11-15)27-22(28-21)33-17-6-4-14(10-16(17)23)20(31)29(2)3/h4-7,10-11,13H,8-9,12H2,1-3H3,(H2,24,25)/t13-/m1/s1. The first kappa shape index (κ1) is 22.3. The molecule has 0 saturated carbocycles. The maximum absolute atomic E-state index is 14.7. The van der Waals surface area contributed by atoms with Crippen molar-refractivity contribution >= 4 is 17.7 Å². The Morgan fingerprint density at radius 3 is 2.73 bits per heavy atom. The van der Waals surface area contributed by atoms with E-state index in [1.54, 1.807) is 32.4 Å². The molecule has 1 atom stereocenters. The highest BCUT2D eigenvalue weighted by Gasteiger charge is 2.24. The Morgan fingerprint density at radius 2 is 2.06 bits per heavy atom. The predicted octanol–water partition coefficient (Wildman–Crippen LogP) is 2.37. The van der Waals surface area contributed by atoms with Gasteiger partial charge >= 0.3 is 6.01 Å². The lowest BCUT2D eigenvalue weighted by Crippen LogP contribution is -2.44. The highest BCUT2D eigenvalue weighted by molar-refractivity contribution is 5.94. The molecule has 2 aromatic heterocycles. The van der Waals surface area contributed by atoms with Gasteiger partial charge in [-0.25, -0.2) is 9.37 Å². The summed E-state index contributed by atoms with van der Waals surface area (Å²) in [7, 11) is 3.19. The van der Waals surface area contributed by atoms with Gasteiger partial charge in [-0.1, -0.05) is 0 Å². The van der Waals surface area contributed by atoms with Crippen molar-refractivity contribution in [3.63, 3.8) is 0 Å². The Bertz CT molecular complexity index is 1160. The van der Waals surface area contributed by atoms with Crippen LogP contribution in [-0.2, 0) is 4.74 Å². The molecule has 10 nitrogen and oxygen atoms in total. The van der Waals surface area contributed by atoms with E-state index >= 15 is 0 Å². The van der Waals surface area contributed by atoms with Gasteiger partial charge in [0.2, 0.25) is 5.95 Å². The highest BCUT2D eigenvalue weighted by atomic mass is 19.1. The van der Waals surface area contributed by atoms with Crippen molar-refractivity contribution in [2.45, 2.75) is 13.0 Å². The lowest BCUT2D eigenvalue weighted by atomic mass is 10.2. The van der Waals surface area contributed by atoms with Gasteiger partial charge in [-0.05, 0) is 37.3 Å². The van der Waals surface area contributed by atoms with Crippen molar-refractivity contribution < 1.29 is 18.7 Å². The van der Waals surface area contributed by atoms with Crippen LogP contribution < -0.4 is 15.4 Å². The first-order valence-corrected chi connectivity index (χ1v) is 10.3. The van der Waals surface area contributed by atoms with E-state index in [9.17, 15) is 9.18 Å². The number of aromatic nitrogens is 4. The molecule has 1 amide bonds. The number of carbonyl (C=O) groups is 1. The molecule has 0 bridgehead atoms. The molecule has 0 spiro atoms. The second kappa shape index (κ2) is 9.33. The van der Waals surface area contributed by atoms with E-state index in [0.29, 0.717) is 42.9 Å². The molecule has 3 heterocycles. The Hall–Kier alpha value is -3.86. The lowest BCUT2D eigenvalue weighted by Gasteiger charge is -2.33. The van der Waals surface area contributed by atoms with Crippen molar-refractivity contribution in [2.24, 2.45) is 0 Å². The van der Waals surface area contributed by atoms with E-state index in [2.05, 4.69) is 19.9 Å². The molecule has 0 radical (unpaired) electrons. The Morgan fingerprint density at radius 1 is 1.24 bits per heavy atom. The number of carbonyl (C=O) groups excluding carboxylic acids is 1. The number of rotatable bonds is 5. The number of morpholine rings is 1. The number of anilines is 2. The van der Waals surface area contributed by atoms with Gasteiger partial charge in [-0.3, -0.25) is 4.79 Å². The van der Waals surface area contributed by atoms with E-state index in [4.69, 9.17) is 15.2 Å². The SMILES string of the molecule is C[C@@H]1COCCN1c1nc(Oc2ccc(C(=O)N(C)C)cc2F)nc(-c2ccc(N)nc2)n1. The predicted molar refractivity (Wildman–Crippen MR) is 120 cm³/mol. The van der Waals surface area contributed by atoms with Crippen molar-refractivity contribution in [3.8, 4) is 23.1 Å². The van der Waals surface area contributed by atoms with Crippen LogP contribution in [0.4, 0.5) is 16.2 Å². The lowest BCUT2D eigenvalue weighted by molar-refractivity contribution is 0.0827. The van der Waals surface area contributed by atoms with Crippen LogP contribution in [0.25, 0.3) is 11.4 Å². The van der Waals surface area contributed by atoms with Crippen LogP contribution in [0.5, 0.6) is 11.8 Å². The molecule has 1 aliphatic heterocycles. The number of hydrogen-bond acceptors (Lipinski definition) is 9. The molecule has 1 fully saturated rings. The molecule has 4 rings (SSSR count). The molecular weight excluding hydrogens is 429 g/mol. The number of amides is 1. The summed E-state index contributed by atoms with van der Waals surface area (Å²) < 4.78 is 25.9. The molecule has 0 aliphatic carbocycles. The van der Waals surface area contributed by atoms with Crippen LogP contribution in [-0.4, -0.2) is 70.6 Å². The van der Waals surface area contributed by atoms with E-state index in [1.807, 2.05) is 11.8 Å². The summed E-state index contributed by atoms with van der Waals surface area (Å²) in [4.78, 5) is 32.9. The summed E-state index contributed by atoms with van der Waals surface area (Å²) in [6.45, 7) is 3.63. The van der Waals surface area contributed by atoms with Gasteiger partial charge in [0.1, 0.15) is 5.82 Å². The second-order valence-electron chi connectivity index (χ2n) is 7.78. The third-order valence-corrected chi connectivity index (χ3v) is 5.06. The van der Waals surface area contributed by atoms with Gasteiger partial charge < -0.3 is 25.0 Å². The normalized spacial score (nSPS) is 15.9. The fraction of sp³-hybridized carbons (Fsp3) is 0.318. The summed E-state index contributed by atoms with van der Waals surface area (Å²) in [5, 5.41) is 0. The molecule has 1 aliphatic rings. The smallest absolute Gasteiger partial charge is 0.327 e. The minimum Gasteiger partial charge on any atom is -0.421 e. The zero-order valence-corrected chi connectivity index (χ0v) is 18.5. The summed E-state index contributed by atoms with van der Waals surface area (Å²) in [6.07, 6.45) is 1.54. The van der Waals surface area contributed by atoms with Crippen LogP contribution >= 0.6 is 0 Å². The van der Waals surface area contributed by atoms with E-state index in [1.165, 1.54) is 17.0 Å². The summed E-state index contributed by atoms with van der Waals surface area (Å²) in [5.74, 6) is -0.0921. The van der Waals surface area contributed by atoms with Crippen LogP contribution in [0.15, 0.2) is 36.5 Å². The highest BCUT2D eigenvalue weighted by Crippen LogP contribution is 2.27. The Balaban J connectivity index is 1.71. The van der Waals surface area contributed by atoms with Crippen molar-refractivity contribution in [3.05, 3.63) is 47.9 Å². The molecule has 2 N–H and O–H groups in total. The van der Waals surface area contributed by atoms with Crippen molar-refractivity contribution in [1.29, 1.82) is 0 Å². The number of ether oxygens (including phenoxy) is 2. The van der Waals surface area contributed by atoms with Gasteiger partial charge in [0, 0.05) is 38.0 Å². The zero-order valence-electron chi connectivity index (χ0n) is 18.5. The van der Waals surface area contributed by atoms with E-state index in [0.717, 1.165) is 6.07 Å². The Labute approximate surface area is 190 Å². The molecule has 172 valence electrons. The maximum Gasteiger partial charge on any atom is 0.327 e. The van der Waals surface area contributed by atoms with Gasteiger partial charge in [-0.15, -0.1) is 0 Å². The number of nitrogen functional groups attached to an aromatic ring is 1. The topological polar surface area (TPSA) is 120 Å². The van der Waals surface area contributed by atoms with Crippen LogP contribution in [0.3, 0.4) is 0 Å². The van der Waals surface area contributed by atoms with Crippen molar-refractivity contribution in [1.82, 2.24) is 24.8 Å². The molecule has 1 saturated heterocycles. The molecular formula is C22H24FN7O3. The first-order chi connectivity index (χ1) is 15.8. The van der Waals surface area contributed by atoms with Gasteiger partial charge in [0.05, 0.1) is 19.3 Å². The molecule has 1 aromatic carbocycles. The monoisotopic (exact) mass is 453 g/mol. The summed E-state index contributed by atoms with van der Waals surface area (Å²) in [5.41, 5.74) is 6.50. The number of nitrogens with two attached hydrogens (primary N) is 1. The molecule has 33 heavy (non-hydrogen) atoms. The molecule has 11 heteroatoms. The zero-order chi connectivity index (χ0) is 23.5. The largest absolute Gasteiger partial charge is 0.421 e. The van der Waals surface area contributed by atoms with Gasteiger partial charge in [0.15, 0.2) is 17.4 Å². The Kier molecular flexibility index (Phi) is 6.31. The van der Waals surface area contributed by atoms with Crippen LogP contribution in [0.1, 0.15) is 17.3 Å². The number of halogens is 1. The van der Waals surface area contributed by atoms with Gasteiger partial charge in [-0.2, -0.15) is 15.0 Å².